The van der Waals surface area contributed by atoms with E-state index in [1.54, 1.807) is 41.8 Å². The second-order valence-corrected chi connectivity index (χ2v) is 10.1. The molecule has 1 N–H and O–H groups in total. The number of rotatable bonds is 8. The normalized spacial score (nSPS) is 16.4. The van der Waals surface area contributed by atoms with Crippen LogP contribution >= 0.6 is 0 Å². The van der Waals surface area contributed by atoms with Crippen LogP contribution in [0.4, 0.5) is 0 Å². The third-order valence-corrected chi connectivity index (χ3v) is 7.82. The van der Waals surface area contributed by atoms with Gasteiger partial charge in [0.15, 0.2) is 21.4 Å². The number of hydrogen-bond donors (Lipinski definition) is 1. The Morgan fingerprint density at radius 2 is 1.81 bits per heavy atom. The van der Waals surface area contributed by atoms with Crippen LogP contribution < -0.4 is 9.47 Å². The van der Waals surface area contributed by atoms with E-state index in [4.69, 9.17) is 18.6 Å². The van der Waals surface area contributed by atoms with Crippen molar-refractivity contribution in [3.05, 3.63) is 41.9 Å². The van der Waals surface area contributed by atoms with E-state index in [1.807, 2.05) is 0 Å². The minimum absolute atomic E-state index is 0.0304. The third-order valence-electron chi connectivity index (χ3n) is 5.65. The number of benzene rings is 1. The van der Waals surface area contributed by atoms with Gasteiger partial charge in [-0.25, -0.2) is 8.42 Å². The molecule has 3 aromatic rings. The summed E-state index contributed by atoms with van der Waals surface area (Å²) in [5, 5.41) is 17.9. The third kappa shape index (κ3) is 3.76. The molecule has 1 fully saturated rings. The van der Waals surface area contributed by atoms with Crippen molar-refractivity contribution < 1.29 is 32.2 Å². The lowest BCUT2D eigenvalue weighted by Crippen LogP contribution is -2.59. The maximum absolute atomic E-state index is 13.2. The highest BCUT2D eigenvalue weighted by Gasteiger charge is 2.48. The molecule has 11 heteroatoms. The Bertz CT molecular complexity index is 1210. The molecule has 0 spiro atoms. The van der Waals surface area contributed by atoms with Crippen LogP contribution in [0, 0.1) is 6.92 Å². The molecule has 0 amide bonds. The first-order valence-electron chi connectivity index (χ1n) is 9.94. The number of nitrogens with zero attached hydrogens (tertiary/aromatic N) is 3. The summed E-state index contributed by atoms with van der Waals surface area (Å²) in [7, 11) is -0.823. The number of furan rings is 1. The van der Waals surface area contributed by atoms with Crippen LogP contribution in [-0.2, 0) is 20.3 Å². The minimum Gasteiger partial charge on any atom is -0.494 e. The van der Waals surface area contributed by atoms with Gasteiger partial charge in [-0.1, -0.05) is 6.07 Å². The molecule has 0 saturated carbocycles. The molecular formula is C21H25N3O7S. The molecule has 3 heterocycles. The standard InChI is InChI=1S/C21H25N3O7S/c1-13-8-9-17(31-13)20-23-22-18(10-32(26,27)14(2)21(25)11-30-12-21)24(20)19-15(28-3)6-5-7-16(19)29-4/h5-9,14,25H,10-12H2,1-4H3/t14-/m1/s1. The van der Waals surface area contributed by atoms with E-state index in [0.29, 0.717) is 34.5 Å². The Balaban J connectivity index is 1.88. The van der Waals surface area contributed by atoms with Gasteiger partial charge in [-0.2, -0.15) is 0 Å². The van der Waals surface area contributed by atoms with Crippen LogP contribution in [0.1, 0.15) is 18.5 Å². The molecule has 4 rings (SSSR count). The molecule has 1 aromatic carbocycles. The topological polar surface area (TPSA) is 126 Å². The van der Waals surface area contributed by atoms with Gasteiger partial charge in [-0.05, 0) is 38.1 Å². The fourth-order valence-corrected chi connectivity index (χ4v) is 5.20. The largest absolute Gasteiger partial charge is 0.494 e. The molecule has 0 unspecified atom stereocenters. The lowest BCUT2D eigenvalue weighted by Gasteiger charge is -2.40. The average molecular weight is 464 g/mol. The maximum atomic E-state index is 13.2. The Morgan fingerprint density at radius 1 is 1.16 bits per heavy atom. The molecule has 0 radical (unpaired) electrons. The van der Waals surface area contributed by atoms with Crippen molar-refractivity contribution in [3.8, 4) is 28.8 Å². The summed E-state index contributed by atoms with van der Waals surface area (Å²) in [6.07, 6.45) is 0. The van der Waals surface area contributed by atoms with Crippen LogP contribution in [0.3, 0.4) is 0 Å². The molecular weight excluding hydrogens is 438 g/mol. The zero-order valence-electron chi connectivity index (χ0n) is 18.2. The quantitative estimate of drug-likeness (QED) is 0.533. The first-order chi connectivity index (χ1) is 15.2. The van der Waals surface area contributed by atoms with Gasteiger partial charge in [0.2, 0.25) is 5.82 Å². The number of methoxy groups -OCH3 is 2. The van der Waals surface area contributed by atoms with Gasteiger partial charge >= 0.3 is 0 Å². The minimum atomic E-state index is -3.83. The van der Waals surface area contributed by atoms with Crippen molar-refractivity contribution >= 4 is 9.84 Å². The predicted molar refractivity (Wildman–Crippen MR) is 115 cm³/mol. The van der Waals surface area contributed by atoms with Crippen LogP contribution in [0.15, 0.2) is 34.7 Å². The lowest BCUT2D eigenvalue weighted by atomic mass is 9.99. The zero-order valence-corrected chi connectivity index (χ0v) is 19.0. The smallest absolute Gasteiger partial charge is 0.204 e. The van der Waals surface area contributed by atoms with Crippen LogP contribution in [-0.4, -0.2) is 66.6 Å². The summed E-state index contributed by atoms with van der Waals surface area (Å²) in [6.45, 7) is 3.20. The van der Waals surface area contributed by atoms with E-state index in [2.05, 4.69) is 10.2 Å². The second kappa shape index (κ2) is 8.23. The Hall–Kier alpha value is -2.89. The van der Waals surface area contributed by atoms with Gasteiger partial charge in [0, 0.05) is 0 Å². The molecule has 1 saturated heterocycles. The molecule has 2 aromatic heterocycles. The number of para-hydroxylation sites is 1. The number of sulfone groups is 1. The van der Waals surface area contributed by atoms with Gasteiger partial charge < -0.3 is 23.7 Å². The molecule has 32 heavy (non-hydrogen) atoms. The van der Waals surface area contributed by atoms with E-state index in [0.717, 1.165) is 0 Å². The Morgan fingerprint density at radius 3 is 2.31 bits per heavy atom. The van der Waals surface area contributed by atoms with Gasteiger partial charge in [0.25, 0.3) is 0 Å². The molecule has 10 nitrogen and oxygen atoms in total. The highest BCUT2D eigenvalue weighted by molar-refractivity contribution is 7.91. The van der Waals surface area contributed by atoms with E-state index in [-0.39, 0.29) is 19.0 Å². The molecule has 1 aliphatic rings. The van der Waals surface area contributed by atoms with Crippen LogP contribution in [0.25, 0.3) is 17.3 Å². The second-order valence-electron chi connectivity index (χ2n) is 7.74. The van der Waals surface area contributed by atoms with Gasteiger partial charge in [-0.3, -0.25) is 4.57 Å². The highest BCUT2D eigenvalue weighted by atomic mass is 32.2. The fourth-order valence-electron chi connectivity index (χ4n) is 3.60. The van der Waals surface area contributed by atoms with Crippen molar-refractivity contribution in [2.24, 2.45) is 0 Å². The summed E-state index contributed by atoms with van der Waals surface area (Å²) >= 11 is 0. The molecule has 0 bridgehead atoms. The Kier molecular flexibility index (Phi) is 5.74. The van der Waals surface area contributed by atoms with Crippen molar-refractivity contribution in [1.29, 1.82) is 0 Å². The van der Waals surface area contributed by atoms with Crippen molar-refractivity contribution in [2.75, 3.05) is 27.4 Å². The number of aliphatic hydroxyl groups is 1. The monoisotopic (exact) mass is 463 g/mol. The van der Waals surface area contributed by atoms with Crippen LogP contribution in [0.5, 0.6) is 11.5 Å². The maximum Gasteiger partial charge on any atom is 0.204 e. The first kappa shape index (κ1) is 22.3. The molecule has 1 atom stereocenters. The number of aromatic nitrogens is 3. The molecule has 172 valence electrons. The first-order valence-corrected chi connectivity index (χ1v) is 11.7. The van der Waals surface area contributed by atoms with E-state index in [9.17, 15) is 13.5 Å². The lowest BCUT2D eigenvalue weighted by molar-refractivity contribution is -0.176. The summed E-state index contributed by atoms with van der Waals surface area (Å²) in [6, 6.07) is 8.72. The number of aryl methyl sites for hydroxylation is 1. The number of ether oxygens (including phenoxy) is 3. The fraction of sp³-hybridized carbons (Fsp3) is 0.429. The van der Waals surface area contributed by atoms with Gasteiger partial charge in [0.05, 0.1) is 32.7 Å². The SMILES string of the molecule is COc1cccc(OC)c1-n1c(CS(=O)(=O)[C@H](C)C2(O)COC2)nnc1-c1ccc(C)o1. The van der Waals surface area contributed by atoms with Crippen molar-refractivity contribution in [1.82, 2.24) is 14.8 Å². The van der Waals surface area contributed by atoms with Gasteiger partial charge in [0.1, 0.15) is 34.3 Å². The summed E-state index contributed by atoms with van der Waals surface area (Å²) in [4.78, 5) is 0. The Labute approximate surface area is 185 Å². The highest BCUT2D eigenvalue weighted by Crippen LogP contribution is 2.37. The van der Waals surface area contributed by atoms with E-state index in [1.165, 1.54) is 21.1 Å². The van der Waals surface area contributed by atoms with Crippen LogP contribution in [0.2, 0.25) is 0 Å². The zero-order chi connectivity index (χ0) is 23.1. The average Bonchev–Trinajstić information content (AvgIpc) is 3.36. The summed E-state index contributed by atoms with van der Waals surface area (Å²) in [5.74, 6) is 1.90. The predicted octanol–water partition coefficient (Wildman–Crippen LogP) is 1.92. The van der Waals surface area contributed by atoms with E-state index >= 15 is 0 Å². The summed E-state index contributed by atoms with van der Waals surface area (Å²) < 4.78 is 49.8. The number of hydrogen-bond acceptors (Lipinski definition) is 9. The summed E-state index contributed by atoms with van der Waals surface area (Å²) in [5.41, 5.74) is -0.984. The van der Waals surface area contributed by atoms with Crippen molar-refractivity contribution in [2.45, 2.75) is 30.5 Å². The molecule has 0 aliphatic carbocycles. The van der Waals surface area contributed by atoms with Gasteiger partial charge in [-0.15, -0.1) is 10.2 Å². The van der Waals surface area contributed by atoms with E-state index < -0.39 is 26.4 Å². The molecule has 1 aliphatic heterocycles. The van der Waals surface area contributed by atoms with Crippen molar-refractivity contribution in [3.63, 3.8) is 0 Å².